The largest absolute Gasteiger partial charge is 0.472 e. The summed E-state index contributed by atoms with van der Waals surface area (Å²) in [6.07, 6.45) is 2.19. The predicted octanol–water partition coefficient (Wildman–Crippen LogP) is 1.81. The number of phosphoric ester groups is 2. The molecule has 0 heterocycles. The van der Waals surface area contributed by atoms with Gasteiger partial charge in [-0.2, -0.15) is 0 Å². The zero-order valence-corrected chi connectivity index (χ0v) is 30.2. The van der Waals surface area contributed by atoms with Gasteiger partial charge in [0.05, 0.1) is 50.7 Å². The SMILES string of the molecule is CC(=O)N[C@H](CCCC(C)OC(C)=O)COP(=O)(O)OCCNC(=O)NCCOP(=O)(O)OC[C@@H](CCCC(C)OC(C)=O)NC(C)=O. The van der Waals surface area contributed by atoms with Gasteiger partial charge in [0.25, 0.3) is 0 Å². The molecule has 0 bridgehead atoms. The molecule has 0 saturated carbocycles. The van der Waals surface area contributed by atoms with Gasteiger partial charge in [0.1, 0.15) is 0 Å². The summed E-state index contributed by atoms with van der Waals surface area (Å²) >= 11 is 0. The normalized spacial score (nSPS) is 16.2. The fourth-order valence-electron chi connectivity index (χ4n) is 4.11. The maximum Gasteiger partial charge on any atom is 0.472 e. The molecule has 0 aliphatic heterocycles. The van der Waals surface area contributed by atoms with Crippen molar-refractivity contribution in [2.75, 3.05) is 39.5 Å². The molecular formula is C27H52N4O15P2. The second-order valence-electron chi connectivity index (χ2n) is 10.9. The first-order chi connectivity index (χ1) is 22.3. The smallest absolute Gasteiger partial charge is 0.463 e. The van der Waals surface area contributed by atoms with Crippen molar-refractivity contribution in [2.24, 2.45) is 0 Å². The molecule has 0 aromatic heterocycles. The van der Waals surface area contributed by atoms with Crippen LogP contribution in [0.5, 0.6) is 0 Å². The Morgan fingerprint density at radius 2 is 0.958 bits per heavy atom. The minimum atomic E-state index is -4.53. The maximum atomic E-state index is 12.2. The Morgan fingerprint density at radius 3 is 1.27 bits per heavy atom. The average molecular weight is 735 g/mol. The van der Waals surface area contributed by atoms with Gasteiger partial charge in [-0.3, -0.25) is 37.3 Å². The first-order valence-electron chi connectivity index (χ1n) is 15.4. The fourth-order valence-corrected chi connectivity index (χ4v) is 5.64. The van der Waals surface area contributed by atoms with E-state index in [1.165, 1.54) is 27.7 Å². The molecule has 280 valence electrons. The highest BCUT2D eigenvalue weighted by molar-refractivity contribution is 7.47. The molecule has 21 heteroatoms. The highest BCUT2D eigenvalue weighted by Crippen LogP contribution is 2.43. The van der Waals surface area contributed by atoms with Crippen LogP contribution in [-0.2, 0) is 55.9 Å². The number of carbonyl (C=O) groups is 5. The van der Waals surface area contributed by atoms with Crippen LogP contribution in [-0.4, -0.2) is 103 Å². The van der Waals surface area contributed by atoms with Crippen LogP contribution in [0.1, 0.15) is 80.1 Å². The highest BCUT2D eigenvalue weighted by Gasteiger charge is 2.25. The van der Waals surface area contributed by atoms with Gasteiger partial charge >= 0.3 is 33.6 Å². The maximum absolute atomic E-state index is 12.2. The average Bonchev–Trinajstić information content (AvgIpc) is 2.93. The molecular weight excluding hydrogens is 682 g/mol. The molecule has 0 aromatic carbocycles. The van der Waals surface area contributed by atoms with E-state index in [1.54, 1.807) is 13.8 Å². The van der Waals surface area contributed by atoms with E-state index in [-0.39, 0.29) is 50.3 Å². The van der Waals surface area contributed by atoms with Gasteiger partial charge in [-0.15, -0.1) is 0 Å². The molecule has 6 atom stereocenters. The first-order valence-corrected chi connectivity index (χ1v) is 18.4. The van der Waals surface area contributed by atoms with E-state index in [4.69, 9.17) is 27.6 Å². The summed E-state index contributed by atoms with van der Waals surface area (Å²) in [6.45, 7) is 6.76. The quantitative estimate of drug-likeness (QED) is 0.0420. The van der Waals surface area contributed by atoms with Gasteiger partial charge < -0.3 is 40.5 Å². The standard InChI is InChI=1S/C27H52N4O15P2/c1-19(45-23(5)34)9-7-11-25(30-21(3)32)17-43-47(37,38)41-15-13-28-27(36)29-14-16-42-48(39,40)44-18-26(31-22(4)33)12-8-10-20(2)46-24(6)35/h19-20,25-26H,7-18H2,1-6H3,(H,30,32)(H,31,33)(H,37,38)(H,39,40)(H2,28,29,36)/t19?,20?,25-,26-/m1/s1. The molecule has 6 N–H and O–H groups in total. The number of phosphoric acid groups is 2. The van der Waals surface area contributed by atoms with Gasteiger partial charge in [-0.05, 0) is 52.4 Å². The lowest BCUT2D eigenvalue weighted by Crippen LogP contribution is -2.39. The summed E-state index contributed by atoms with van der Waals surface area (Å²) < 4.78 is 54.1. The van der Waals surface area contributed by atoms with Gasteiger partial charge in [0.15, 0.2) is 0 Å². The molecule has 0 spiro atoms. The van der Waals surface area contributed by atoms with Crippen LogP contribution in [0, 0.1) is 0 Å². The lowest BCUT2D eigenvalue weighted by Gasteiger charge is -2.21. The third kappa shape index (κ3) is 27.3. The molecule has 4 amide bonds. The zero-order valence-electron chi connectivity index (χ0n) is 28.4. The van der Waals surface area contributed by atoms with Crippen LogP contribution < -0.4 is 21.3 Å². The van der Waals surface area contributed by atoms with Crippen molar-refractivity contribution < 1.29 is 70.5 Å². The number of esters is 2. The van der Waals surface area contributed by atoms with Crippen molar-refractivity contribution in [3.63, 3.8) is 0 Å². The summed E-state index contributed by atoms with van der Waals surface area (Å²) in [7, 11) is -9.06. The second kappa shape index (κ2) is 24.5. The van der Waals surface area contributed by atoms with E-state index in [9.17, 15) is 42.9 Å². The number of hydrogen-bond acceptors (Lipinski definition) is 13. The first kappa shape index (κ1) is 45.4. The molecule has 48 heavy (non-hydrogen) atoms. The van der Waals surface area contributed by atoms with Crippen molar-refractivity contribution in [3.8, 4) is 0 Å². The van der Waals surface area contributed by atoms with Crippen LogP contribution in [0.2, 0.25) is 0 Å². The molecule has 19 nitrogen and oxygen atoms in total. The third-order valence-corrected chi connectivity index (χ3v) is 8.01. The predicted molar refractivity (Wildman–Crippen MR) is 170 cm³/mol. The molecule has 0 rings (SSSR count). The van der Waals surface area contributed by atoms with Crippen molar-refractivity contribution in [2.45, 2.75) is 104 Å². The number of nitrogens with one attached hydrogen (secondary N) is 4. The van der Waals surface area contributed by atoms with E-state index in [0.29, 0.717) is 38.5 Å². The lowest BCUT2D eigenvalue weighted by molar-refractivity contribution is -0.146. The van der Waals surface area contributed by atoms with Crippen molar-refractivity contribution in [3.05, 3.63) is 0 Å². The summed E-state index contributed by atoms with van der Waals surface area (Å²) in [5.74, 6) is -1.56. The zero-order chi connectivity index (χ0) is 36.8. The molecule has 0 aliphatic rings. The van der Waals surface area contributed by atoms with Crippen molar-refractivity contribution in [1.82, 2.24) is 21.3 Å². The Labute approximate surface area is 281 Å². The number of rotatable bonds is 26. The summed E-state index contributed by atoms with van der Waals surface area (Å²) in [5, 5.41) is 9.93. The second-order valence-corrected chi connectivity index (χ2v) is 13.8. The molecule has 0 aromatic rings. The Kier molecular flexibility index (Phi) is 23.2. The lowest BCUT2D eigenvalue weighted by atomic mass is 10.1. The Balaban J connectivity index is 4.37. The monoisotopic (exact) mass is 734 g/mol. The van der Waals surface area contributed by atoms with Gasteiger partial charge in [0.2, 0.25) is 11.8 Å². The molecule has 0 radical (unpaired) electrons. The van der Waals surface area contributed by atoms with Gasteiger partial charge in [-0.25, -0.2) is 13.9 Å². The van der Waals surface area contributed by atoms with Crippen LogP contribution in [0.15, 0.2) is 0 Å². The van der Waals surface area contributed by atoms with E-state index < -0.39 is 58.9 Å². The summed E-state index contributed by atoms with van der Waals surface area (Å²) in [6, 6.07) is -1.93. The van der Waals surface area contributed by atoms with E-state index in [2.05, 4.69) is 21.3 Å². The number of urea groups is 1. The molecule has 0 aliphatic carbocycles. The fraction of sp³-hybridized carbons (Fsp3) is 0.815. The van der Waals surface area contributed by atoms with E-state index >= 15 is 0 Å². The Morgan fingerprint density at radius 1 is 0.604 bits per heavy atom. The van der Waals surface area contributed by atoms with Crippen LogP contribution >= 0.6 is 15.6 Å². The minimum absolute atomic E-state index is 0.199. The van der Waals surface area contributed by atoms with Crippen LogP contribution in [0.3, 0.4) is 0 Å². The number of amides is 4. The summed E-state index contributed by atoms with van der Waals surface area (Å²) in [5.41, 5.74) is 0. The number of hydrogen-bond donors (Lipinski definition) is 6. The minimum Gasteiger partial charge on any atom is -0.463 e. The number of ether oxygens (including phenoxy) is 2. The Hall–Kier alpha value is -2.63. The van der Waals surface area contributed by atoms with Crippen LogP contribution in [0.25, 0.3) is 0 Å². The Bertz CT molecular complexity index is 1030. The number of carbonyl (C=O) groups excluding carboxylic acids is 5. The molecule has 4 unspecified atom stereocenters. The van der Waals surface area contributed by atoms with E-state index in [1.807, 2.05) is 0 Å². The van der Waals surface area contributed by atoms with Gasteiger partial charge in [0, 0.05) is 40.8 Å². The topological polar surface area (TPSA) is 263 Å². The van der Waals surface area contributed by atoms with Crippen LogP contribution in [0.4, 0.5) is 4.79 Å². The molecule has 0 saturated heterocycles. The van der Waals surface area contributed by atoms with Crippen molar-refractivity contribution >= 4 is 45.4 Å². The third-order valence-electron chi connectivity index (χ3n) is 6.04. The van der Waals surface area contributed by atoms with Crippen molar-refractivity contribution in [1.29, 1.82) is 0 Å². The van der Waals surface area contributed by atoms with E-state index in [0.717, 1.165) is 0 Å². The summed E-state index contributed by atoms with van der Waals surface area (Å²) in [4.78, 5) is 76.8. The molecule has 0 fully saturated rings. The highest BCUT2D eigenvalue weighted by atomic mass is 31.2. The van der Waals surface area contributed by atoms with Gasteiger partial charge in [-0.1, -0.05) is 0 Å².